The van der Waals surface area contributed by atoms with Crippen LogP contribution in [0.15, 0.2) is 0 Å². The second-order valence-corrected chi connectivity index (χ2v) is 6.70. The summed E-state index contributed by atoms with van der Waals surface area (Å²) in [6.45, 7) is 2.26. The number of carboxylic acid groups (broad SMARTS) is 1. The van der Waals surface area contributed by atoms with Gasteiger partial charge in [-0.1, -0.05) is 45.4 Å². The molecule has 2 rings (SSSR count). The van der Waals surface area contributed by atoms with Gasteiger partial charge in [0.1, 0.15) is 6.04 Å². The molecule has 0 saturated heterocycles. The van der Waals surface area contributed by atoms with Crippen LogP contribution in [0.5, 0.6) is 0 Å². The second-order valence-electron chi connectivity index (χ2n) is 6.70. The first-order valence-corrected chi connectivity index (χ1v) is 8.15. The summed E-state index contributed by atoms with van der Waals surface area (Å²) >= 11 is 0. The topological polar surface area (TPSA) is 49.3 Å². The zero-order valence-electron chi connectivity index (χ0n) is 12.2. The average Bonchev–Trinajstić information content (AvgIpc) is 2.64. The Morgan fingerprint density at radius 3 is 2.32 bits per heavy atom. The van der Waals surface area contributed by atoms with Crippen LogP contribution >= 0.6 is 0 Å². The van der Waals surface area contributed by atoms with Crippen molar-refractivity contribution in [1.29, 1.82) is 0 Å². The fourth-order valence-corrected chi connectivity index (χ4v) is 3.89. The van der Waals surface area contributed by atoms with E-state index in [4.69, 9.17) is 0 Å². The molecule has 3 nitrogen and oxygen atoms in total. The van der Waals surface area contributed by atoms with Gasteiger partial charge in [-0.3, -0.25) is 4.79 Å². The van der Waals surface area contributed by atoms with E-state index in [0.717, 1.165) is 25.7 Å². The molecule has 0 radical (unpaired) electrons. The zero-order valence-corrected chi connectivity index (χ0v) is 12.2. The quantitative estimate of drug-likeness (QED) is 0.765. The molecule has 2 saturated carbocycles. The molecule has 0 bridgehead atoms. The highest BCUT2D eigenvalue weighted by molar-refractivity contribution is 5.74. The molecular weight excluding hydrogens is 238 g/mol. The number of nitrogens with one attached hydrogen (secondary N) is 1. The van der Waals surface area contributed by atoms with Crippen molar-refractivity contribution >= 4 is 5.97 Å². The first kappa shape index (κ1) is 14.8. The molecule has 2 aliphatic rings. The van der Waals surface area contributed by atoms with Gasteiger partial charge < -0.3 is 10.4 Å². The summed E-state index contributed by atoms with van der Waals surface area (Å²) < 4.78 is 0. The molecule has 2 N–H and O–H groups in total. The molecule has 19 heavy (non-hydrogen) atoms. The lowest BCUT2D eigenvalue weighted by Gasteiger charge is -2.33. The van der Waals surface area contributed by atoms with Crippen molar-refractivity contribution in [1.82, 2.24) is 5.32 Å². The van der Waals surface area contributed by atoms with Crippen molar-refractivity contribution in [2.75, 3.05) is 0 Å². The monoisotopic (exact) mass is 267 g/mol. The number of aliphatic carboxylic acids is 1. The lowest BCUT2D eigenvalue weighted by atomic mass is 9.78. The van der Waals surface area contributed by atoms with Crippen LogP contribution in [0.3, 0.4) is 0 Å². The van der Waals surface area contributed by atoms with Crippen LogP contribution in [-0.2, 0) is 4.79 Å². The third-order valence-corrected chi connectivity index (χ3v) is 4.98. The number of carbonyl (C=O) groups is 1. The molecule has 2 aliphatic carbocycles. The largest absolute Gasteiger partial charge is 0.480 e. The van der Waals surface area contributed by atoms with Gasteiger partial charge in [-0.2, -0.15) is 0 Å². The van der Waals surface area contributed by atoms with Gasteiger partial charge in [0.15, 0.2) is 0 Å². The summed E-state index contributed by atoms with van der Waals surface area (Å²) in [5.74, 6) is 0.393. The van der Waals surface area contributed by atoms with Gasteiger partial charge in [0, 0.05) is 6.04 Å². The van der Waals surface area contributed by atoms with E-state index in [0.29, 0.717) is 17.9 Å². The lowest BCUT2D eigenvalue weighted by molar-refractivity contribution is -0.141. The van der Waals surface area contributed by atoms with E-state index in [1.165, 1.54) is 38.5 Å². The van der Waals surface area contributed by atoms with Crippen LogP contribution in [0.1, 0.15) is 71.1 Å². The predicted molar refractivity (Wildman–Crippen MR) is 77.2 cm³/mol. The van der Waals surface area contributed by atoms with Gasteiger partial charge >= 0.3 is 5.97 Å². The van der Waals surface area contributed by atoms with Crippen LogP contribution in [0.2, 0.25) is 0 Å². The second kappa shape index (κ2) is 7.28. The number of carboxylic acids is 1. The maximum atomic E-state index is 11.6. The highest BCUT2D eigenvalue weighted by Gasteiger charge is 2.32. The molecule has 3 heteroatoms. The van der Waals surface area contributed by atoms with Gasteiger partial charge in [-0.05, 0) is 37.5 Å². The van der Waals surface area contributed by atoms with Gasteiger partial charge in [-0.25, -0.2) is 0 Å². The van der Waals surface area contributed by atoms with E-state index in [1.54, 1.807) is 0 Å². The first-order valence-electron chi connectivity index (χ1n) is 8.15. The molecule has 110 valence electrons. The third kappa shape index (κ3) is 4.48. The average molecular weight is 267 g/mol. The molecule has 3 atom stereocenters. The number of hydrogen-bond acceptors (Lipinski definition) is 2. The maximum absolute atomic E-state index is 11.6. The number of rotatable bonds is 4. The van der Waals surface area contributed by atoms with Crippen molar-refractivity contribution in [2.45, 2.75) is 83.2 Å². The summed E-state index contributed by atoms with van der Waals surface area (Å²) in [5.41, 5.74) is 0. The Morgan fingerprint density at radius 1 is 1.05 bits per heavy atom. The molecule has 2 fully saturated rings. The van der Waals surface area contributed by atoms with Crippen LogP contribution in [0, 0.1) is 11.8 Å². The smallest absolute Gasteiger partial charge is 0.320 e. The first-order chi connectivity index (χ1) is 9.16. The Balaban J connectivity index is 1.92. The lowest BCUT2D eigenvalue weighted by Crippen LogP contribution is -2.48. The minimum absolute atomic E-state index is 0.314. The molecule has 0 aromatic heterocycles. The minimum Gasteiger partial charge on any atom is -0.480 e. The van der Waals surface area contributed by atoms with E-state index < -0.39 is 5.97 Å². The van der Waals surface area contributed by atoms with E-state index in [9.17, 15) is 9.90 Å². The van der Waals surface area contributed by atoms with Crippen molar-refractivity contribution in [3.05, 3.63) is 0 Å². The summed E-state index contributed by atoms with van der Waals surface area (Å²) in [7, 11) is 0. The number of hydrogen-bond donors (Lipinski definition) is 2. The summed E-state index contributed by atoms with van der Waals surface area (Å²) in [6.07, 6.45) is 12.1. The van der Waals surface area contributed by atoms with Crippen molar-refractivity contribution in [3.8, 4) is 0 Å². The van der Waals surface area contributed by atoms with Crippen LogP contribution in [-0.4, -0.2) is 23.2 Å². The highest BCUT2D eigenvalue weighted by atomic mass is 16.4. The molecule has 0 spiro atoms. The molecule has 0 aromatic carbocycles. The zero-order chi connectivity index (χ0) is 13.7. The van der Waals surface area contributed by atoms with Crippen LogP contribution in [0.4, 0.5) is 0 Å². The van der Waals surface area contributed by atoms with Crippen LogP contribution < -0.4 is 5.32 Å². The Bertz CT molecular complexity index is 284. The maximum Gasteiger partial charge on any atom is 0.320 e. The summed E-state index contributed by atoms with van der Waals surface area (Å²) in [4.78, 5) is 11.6. The summed E-state index contributed by atoms with van der Waals surface area (Å²) in [6, 6.07) is 0.117. The van der Waals surface area contributed by atoms with Gasteiger partial charge in [0.2, 0.25) is 0 Å². The van der Waals surface area contributed by atoms with E-state index in [1.807, 2.05) is 0 Å². The molecule has 0 amide bonds. The summed E-state index contributed by atoms with van der Waals surface area (Å²) in [5, 5.41) is 13.0. The third-order valence-electron chi connectivity index (χ3n) is 4.98. The van der Waals surface area contributed by atoms with Crippen molar-refractivity contribution < 1.29 is 9.90 Å². The van der Waals surface area contributed by atoms with E-state index in [-0.39, 0.29) is 6.04 Å². The fourth-order valence-electron chi connectivity index (χ4n) is 3.89. The normalized spacial score (nSPS) is 31.6. The molecule has 0 heterocycles. The van der Waals surface area contributed by atoms with E-state index in [2.05, 4.69) is 12.2 Å². The SMILES string of the molecule is CC1CCCC(C(NC2CCCCCC2)C(=O)O)C1. The van der Waals surface area contributed by atoms with Gasteiger partial charge in [-0.15, -0.1) is 0 Å². The Morgan fingerprint density at radius 2 is 1.74 bits per heavy atom. The fraction of sp³-hybridized carbons (Fsp3) is 0.938. The standard InChI is InChI=1S/C16H29NO2/c1-12-7-6-8-13(11-12)15(16(18)19)17-14-9-4-2-3-5-10-14/h12-15,17H,2-11H2,1H3,(H,18,19). The molecular formula is C16H29NO2. The Labute approximate surface area is 117 Å². The molecule has 3 unspecified atom stereocenters. The molecule has 0 aromatic rings. The highest BCUT2D eigenvalue weighted by Crippen LogP contribution is 2.31. The predicted octanol–water partition coefficient (Wildman–Crippen LogP) is 3.58. The van der Waals surface area contributed by atoms with Gasteiger partial charge in [0.25, 0.3) is 0 Å². The van der Waals surface area contributed by atoms with E-state index >= 15 is 0 Å². The Kier molecular flexibility index (Phi) is 5.68. The van der Waals surface area contributed by atoms with Crippen molar-refractivity contribution in [3.63, 3.8) is 0 Å². The van der Waals surface area contributed by atoms with Crippen molar-refractivity contribution in [2.24, 2.45) is 11.8 Å². The van der Waals surface area contributed by atoms with Gasteiger partial charge in [0.05, 0.1) is 0 Å². The minimum atomic E-state index is -0.636. The van der Waals surface area contributed by atoms with Crippen LogP contribution in [0.25, 0.3) is 0 Å². The Hall–Kier alpha value is -0.570. The molecule has 0 aliphatic heterocycles.